The molecule has 0 bridgehead atoms. The lowest BCUT2D eigenvalue weighted by Gasteiger charge is -2.39. The molecule has 1 aromatic rings. The van der Waals surface area contributed by atoms with Gasteiger partial charge in [-0.2, -0.15) is 0 Å². The maximum absolute atomic E-state index is 12.9. The van der Waals surface area contributed by atoms with Gasteiger partial charge in [-0.05, 0) is 44.4 Å². The van der Waals surface area contributed by atoms with Gasteiger partial charge in [0.15, 0.2) is 0 Å². The Kier molecular flexibility index (Phi) is 5.91. The SMILES string of the molecule is CCN(C(=O)c1c(Cl)cccc1Cl)C1CCCCC1CN. The van der Waals surface area contributed by atoms with E-state index in [1.165, 1.54) is 6.42 Å². The first-order valence-electron chi connectivity index (χ1n) is 7.55. The second-order valence-electron chi connectivity index (χ2n) is 5.54. The van der Waals surface area contributed by atoms with Crippen molar-refractivity contribution in [3.8, 4) is 0 Å². The number of carbonyl (C=O) groups excluding carboxylic acids is 1. The summed E-state index contributed by atoms with van der Waals surface area (Å²) in [4.78, 5) is 14.8. The fraction of sp³-hybridized carbons (Fsp3) is 0.562. The predicted octanol–water partition coefficient (Wildman–Crippen LogP) is 3.97. The van der Waals surface area contributed by atoms with E-state index in [0.717, 1.165) is 19.3 Å². The molecule has 0 aliphatic heterocycles. The minimum atomic E-state index is -0.0848. The largest absolute Gasteiger partial charge is 0.336 e. The van der Waals surface area contributed by atoms with Gasteiger partial charge in [-0.15, -0.1) is 0 Å². The van der Waals surface area contributed by atoms with Crippen LogP contribution in [0.5, 0.6) is 0 Å². The van der Waals surface area contributed by atoms with Gasteiger partial charge < -0.3 is 10.6 Å². The van der Waals surface area contributed by atoms with E-state index in [0.29, 0.717) is 34.6 Å². The molecule has 0 saturated heterocycles. The Labute approximate surface area is 136 Å². The molecule has 2 unspecified atom stereocenters. The Morgan fingerprint density at radius 2 is 1.90 bits per heavy atom. The van der Waals surface area contributed by atoms with Gasteiger partial charge in [0.05, 0.1) is 15.6 Å². The number of amides is 1. The van der Waals surface area contributed by atoms with Gasteiger partial charge in [0.1, 0.15) is 0 Å². The van der Waals surface area contributed by atoms with Crippen LogP contribution in [0.15, 0.2) is 18.2 Å². The standard InChI is InChI=1S/C16H22Cl2N2O/c1-2-20(14-9-4-3-6-11(14)10-19)16(21)15-12(17)7-5-8-13(15)18/h5,7-8,11,14H,2-4,6,9-10,19H2,1H3. The topological polar surface area (TPSA) is 46.3 Å². The van der Waals surface area contributed by atoms with E-state index in [2.05, 4.69) is 0 Å². The summed E-state index contributed by atoms with van der Waals surface area (Å²) in [6.45, 7) is 3.25. The highest BCUT2D eigenvalue weighted by atomic mass is 35.5. The van der Waals surface area contributed by atoms with Gasteiger partial charge in [0, 0.05) is 12.6 Å². The first-order valence-corrected chi connectivity index (χ1v) is 8.30. The number of hydrogen-bond donors (Lipinski definition) is 1. The van der Waals surface area contributed by atoms with Gasteiger partial charge in [-0.25, -0.2) is 0 Å². The lowest BCUT2D eigenvalue weighted by atomic mass is 9.83. The first kappa shape index (κ1) is 16.6. The zero-order chi connectivity index (χ0) is 15.4. The normalized spacial score (nSPS) is 22.1. The third-order valence-electron chi connectivity index (χ3n) is 4.35. The molecule has 1 aromatic carbocycles. The minimum absolute atomic E-state index is 0.0848. The Bertz CT molecular complexity index is 487. The van der Waals surface area contributed by atoms with Crippen LogP contribution in [-0.4, -0.2) is 29.9 Å². The van der Waals surface area contributed by atoms with E-state index in [1.54, 1.807) is 18.2 Å². The Morgan fingerprint density at radius 3 is 2.48 bits per heavy atom. The summed E-state index contributed by atoms with van der Waals surface area (Å²) < 4.78 is 0. The highest BCUT2D eigenvalue weighted by Gasteiger charge is 2.33. The summed E-state index contributed by atoms with van der Waals surface area (Å²) in [6, 6.07) is 5.35. The molecule has 0 aromatic heterocycles. The molecular weight excluding hydrogens is 307 g/mol. The van der Waals surface area contributed by atoms with Crippen LogP contribution in [0.2, 0.25) is 10.0 Å². The molecule has 5 heteroatoms. The van der Waals surface area contributed by atoms with Crippen LogP contribution < -0.4 is 5.73 Å². The quantitative estimate of drug-likeness (QED) is 0.908. The lowest BCUT2D eigenvalue weighted by Crippen LogP contribution is -2.48. The van der Waals surface area contributed by atoms with Gasteiger partial charge in [0.2, 0.25) is 0 Å². The summed E-state index contributed by atoms with van der Waals surface area (Å²) in [7, 11) is 0. The third-order valence-corrected chi connectivity index (χ3v) is 4.98. The molecular formula is C16H22Cl2N2O. The fourth-order valence-corrected chi connectivity index (χ4v) is 3.81. The average Bonchev–Trinajstić information content (AvgIpc) is 2.48. The lowest BCUT2D eigenvalue weighted by molar-refractivity contribution is 0.0560. The number of benzene rings is 1. The van der Waals surface area contributed by atoms with Crippen molar-refractivity contribution >= 4 is 29.1 Å². The van der Waals surface area contributed by atoms with Crippen molar-refractivity contribution in [3.63, 3.8) is 0 Å². The molecule has 0 radical (unpaired) electrons. The summed E-state index contributed by atoms with van der Waals surface area (Å²) in [5.41, 5.74) is 6.30. The Morgan fingerprint density at radius 1 is 1.29 bits per heavy atom. The second-order valence-corrected chi connectivity index (χ2v) is 6.35. The zero-order valence-electron chi connectivity index (χ0n) is 12.3. The van der Waals surface area contributed by atoms with Crippen molar-refractivity contribution in [2.45, 2.75) is 38.6 Å². The van der Waals surface area contributed by atoms with Crippen LogP contribution in [0, 0.1) is 5.92 Å². The van der Waals surface area contributed by atoms with Gasteiger partial charge in [-0.3, -0.25) is 4.79 Å². The van der Waals surface area contributed by atoms with E-state index in [-0.39, 0.29) is 11.9 Å². The molecule has 21 heavy (non-hydrogen) atoms. The molecule has 3 nitrogen and oxygen atoms in total. The number of carbonyl (C=O) groups is 1. The molecule has 1 fully saturated rings. The molecule has 1 amide bonds. The van der Waals surface area contributed by atoms with Crippen molar-refractivity contribution in [1.29, 1.82) is 0 Å². The van der Waals surface area contributed by atoms with Crippen LogP contribution in [-0.2, 0) is 0 Å². The van der Waals surface area contributed by atoms with Crippen LogP contribution in [0.4, 0.5) is 0 Å². The van der Waals surface area contributed by atoms with Gasteiger partial charge in [0.25, 0.3) is 5.91 Å². The van der Waals surface area contributed by atoms with Crippen molar-refractivity contribution < 1.29 is 4.79 Å². The first-order chi connectivity index (χ1) is 10.1. The molecule has 2 atom stereocenters. The third kappa shape index (κ3) is 3.53. The van der Waals surface area contributed by atoms with E-state index in [4.69, 9.17) is 28.9 Å². The van der Waals surface area contributed by atoms with Crippen molar-refractivity contribution in [2.75, 3.05) is 13.1 Å². The Hall–Kier alpha value is -0.770. The van der Waals surface area contributed by atoms with Gasteiger partial charge >= 0.3 is 0 Å². The molecule has 0 heterocycles. The van der Waals surface area contributed by atoms with E-state index in [1.807, 2.05) is 11.8 Å². The van der Waals surface area contributed by atoms with Crippen LogP contribution >= 0.6 is 23.2 Å². The van der Waals surface area contributed by atoms with Gasteiger partial charge in [-0.1, -0.05) is 42.1 Å². The average molecular weight is 329 g/mol. The molecule has 1 aliphatic carbocycles. The molecule has 2 rings (SSSR count). The highest BCUT2D eigenvalue weighted by Crippen LogP contribution is 2.31. The highest BCUT2D eigenvalue weighted by molar-refractivity contribution is 6.39. The number of nitrogens with zero attached hydrogens (tertiary/aromatic N) is 1. The number of hydrogen-bond acceptors (Lipinski definition) is 2. The number of nitrogens with two attached hydrogens (primary N) is 1. The summed E-state index contributed by atoms with van der Waals surface area (Å²) in [5, 5.41) is 0.817. The molecule has 1 saturated carbocycles. The Balaban J connectivity index is 2.30. The number of halogens is 2. The molecule has 2 N–H and O–H groups in total. The monoisotopic (exact) mass is 328 g/mol. The summed E-state index contributed by atoms with van der Waals surface area (Å²) in [6.07, 6.45) is 4.42. The summed E-state index contributed by atoms with van der Waals surface area (Å²) in [5.74, 6) is 0.280. The summed E-state index contributed by atoms with van der Waals surface area (Å²) >= 11 is 12.4. The molecule has 0 spiro atoms. The zero-order valence-corrected chi connectivity index (χ0v) is 13.8. The maximum atomic E-state index is 12.9. The maximum Gasteiger partial charge on any atom is 0.257 e. The van der Waals surface area contributed by atoms with Crippen molar-refractivity contribution in [1.82, 2.24) is 4.90 Å². The van der Waals surface area contributed by atoms with Crippen LogP contribution in [0.1, 0.15) is 43.0 Å². The smallest absolute Gasteiger partial charge is 0.257 e. The predicted molar refractivity (Wildman–Crippen MR) is 88.0 cm³/mol. The van der Waals surface area contributed by atoms with E-state index in [9.17, 15) is 4.79 Å². The fourth-order valence-electron chi connectivity index (χ4n) is 3.25. The van der Waals surface area contributed by atoms with Crippen LogP contribution in [0.3, 0.4) is 0 Å². The van der Waals surface area contributed by atoms with E-state index < -0.39 is 0 Å². The van der Waals surface area contributed by atoms with Crippen molar-refractivity contribution in [2.24, 2.45) is 11.7 Å². The van der Waals surface area contributed by atoms with Crippen molar-refractivity contribution in [3.05, 3.63) is 33.8 Å². The molecule has 116 valence electrons. The second kappa shape index (κ2) is 7.48. The number of rotatable bonds is 4. The van der Waals surface area contributed by atoms with E-state index >= 15 is 0 Å². The van der Waals surface area contributed by atoms with Crippen LogP contribution in [0.25, 0.3) is 0 Å². The minimum Gasteiger partial charge on any atom is -0.336 e. The molecule has 1 aliphatic rings.